The van der Waals surface area contributed by atoms with Crippen molar-refractivity contribution in [1.82, 2.24) is 9.55 Å². The molecule has 0 unspecified atom stereocenters. The number of ether oxygens (including phenoxy) is 2. The van der Waals surface area contributed by atoms with E-state index in [1.807, 2.05) is 37.6 Å². The van der Waals surface area contributed by atoms with Crippen LogP contribution < -0.4 is 9.47 Å². The molecule has 3 rings (SSSR count). The lowest BCUT2D eigenvalue weighted by Crippen LogP contribution is -2.15. The standard InChI is InChI=1S/C15H15N3O2/c1-9-6-13-14(20-5-4-19-13)7-11(9)15-12(8-16)17-10(2)18(15)3/h6-7H,4-5H2,1-3H3. The van der Waals surface area contributed by atoms with E-state index in [0.29, 0.717) is 18.9 Å². The molecule has 0 fully saturated rings. The number of fused-ring (bicyclic) bond motifs is 1. The summed E-state index contributed by atoms with van der Waals surface area (Å²) < 4.78 is 13.1. The van der Waals surface area contributed by atoms with Gasteiger partial charge in [0.2, 0.25) is 0 Å². The van der Waals surface area contributed by atoms with Crippen molar-refractivity contribution < 1.29 is 9.47 Å². The Balaban J connectivity index is 2.23. The first kappa shape index (κ1) is 12.5. The summed E-state index contributed by atoms with van der Waals surface area (Å²) in [7, 11) is 1.91. The Hall–Kier alpha value is -2.48. The van der Waals surface area contributed by atoms with E-state index in [0.717, 1.165) is 34.1 Å². The van der Waals surface area contributed by atoms with E-state index >= 15 is 0 Å². The van der Waals surface area contributed by atoms with Crippen LogP contribution in [0.25, 0.3) is 11.3 Å². The van der Waals surface area contributed by atoms with Gasteiger partial charge in [-0.05, 0) is 31.5 Å². The summed E-state index contributed by atoms with van der Waals surface area (Å²) in [5.74, 6) is 2.29. The van der Waals surface area contributed by atoms with Gasteiger partial charge in [-0.1, -0.05) is 0 Å². The zero-order valence-electron chi connectivity index (χ0n) is 11.7. The van der Waals surface area contributed by atoms with Crippen LogP contribution in [0.15, 0.2) is 12.1 Å². The third-order valence-electron chi connectivity index (χ3n) is 3.57. The Kier molecular flexibility index (Phi) is 2.87. The Bertz CT molecular complexity index is 726. The van der Waals surface area contributed by atoms with Gasteiger partial charge in [-0.15, -0.1) is 0 Å². The minimum absolute atomic E-state index is 0.435. The molecule has 1 aliphatic heterocycles. The van der Waals surface area contributed by atoms with Gasteiger partial charge in [0, 0.05) is 12.6 Å². The van der Waals surface area contributed by atoms with E-state index in [-0.39, 0.29) is 0 Å². The van der Waals surface area contributed by atoms with E-state index < -0.39 is 0 Å². The molecule has 0 atom stereocenters. The molecule has 0 N–H and O–H groups in total. The molecule has 0 bridgehead atoms. The van der Waals surface area contributed by atoms with Crippen molar-refractivity contribution in [3.05, 3.63) is 29.2 Å². The zero-order valence-corrected chi connectivity index (χ0v) is 11.7. The fourth-order valence-corrected chi connectivity index (χ4v) is 2.44. The molecular weight excluding hydrogens is 254 g/mol. The van der Waals surface area contributed by atoms with Gasteiger partial charge in [0.25, 0.3) is 0 Å². The van der Waals surface area contributed by atoms with Crippen molar-refractivity contribution in [2.45, 2.75) is 13.8 Å². The van der Waals surface area contributed by atoms with Crippen LogP contribution in [0, 0.1) is 25.2 Å². The minimum atomic E-state index is 0.435. The van der Waals surface area contributed by atoms with Gasteiger partial charge in [-0.25, -0.2) is 4.98 Å². The van der Waals surface area contributed by atoms with Crippen LogP contribution in [0.1, 0.15) is 17.1 Å². The van der Waals surface area contributed by atoms with Crippen molar-refractivity contribution >= 4 is 0 Å². The van der Waals surface area contributed by atoms with Crippen LogP contribution in [0.3, 0.4) is 0 Å². The van der Waals surface area contributed by atoms with E-state index in [2.05, 4.69) is 11.1 Å². The molecule has 5 heteroatoms. The third kappa shape index (κ3) is 1.81. The van der Waals surface area contributed by atoms with Gasteiger partial charge in [-0.3, -0.25) is 0 Å². The predicted octanol–water partition coefficient (Wildman–Crippen LogP) is 2.35. The molecule has 2 aromatic rings. The topological polar surface area (TPSA) is 60.1 Å². The van der Waals surface area contributed by atoms with Gasteiger partial charge in [0.15, 0.2) is 17.2 Å². The molecule has 0 amide bonds. The number of hydrogen-bond donors (Lipinski definition) is 0. The van der Waals surface area contributed by atoms with Crippen molar-refractivity contribution in [2.75, 3.05) is 13.2 Å². The Morgan fingerprint density at radius 2 is 1.85 bits per heavy atom. The van der Waals surface area contributed by atoms with Gasteiger partial charge in [0.1, 0.15) is 25.1 Å². The first-order chi connectivity index (χ1) is 9.61. The highest BCUT2D eigenvalue weighted by atomic mass is 16.6. The molecule has 0 aliphatic carbocycles. The summed E-state index contributed by atoms with van der Waals surface area (Å²) in [4.78, 5) is 4.29. The van der Waals surface area contributed by atoms with Crippen LogP contribution in [0.4, 0.5) is 0 Å². The molecule has 20 heavy (non-hydrogen) atoms. The number of nitriles is 1. The smallest absolute Gasteiger partial charge is 0.166 e. The van der Waals surface area contributed by atoms with E-state index in [9.17, 15) is 5.26 Å². The number of imidazole rings is 1. The Morgan fingerprint density at radius 3 is 2.50 bits per heavy atom. The second kappa shape index (κ2) is 4.57. The summed E-state index contributed by atoms with van der Waals surface area (Å²) in [5, 5.41) is 9.27. The third-order valence-corrected chi connectivity index (χ3v) is 3.57. The average molecular weight is 269 g/mol. The van der Waals surface area contributed by atoms with Gasteiger partial charge < -0.3 is 14.0 Å². The number of hydrogen-bond acceptors (Lipinski definition) is 4. The second-order valence-electron chi connectivity index (χ2n) is 4.84. The monoisotopic (exact) mass is 269 g/mol. The zero-order chi connectivity index (χ0) is 14.3. The number of nitrogens with zero attached hydrogens (tertiary/aromatic N) is 3. The molecule has 1 aromatic carbocycles. The van der Waals surface area contributed by atoms with E-state index in [1.54, 1.807) is 0 Å². The van der Waals surface area contributed by atoms with E-state index in [1.165, 1.54) is 0 Å². The van der Waals surface area contributed by atoms with Crippen molar-refractivity contribution in [1.29, 1.82) is 5.26 Å². The maximum absolute atomic E-state index is 9.27. The first-order valence-corrected chi connectivity index (χ1v) is 6.46. The SMILES string of the molecule is Cc1cc2c(cc1-c1c(C#N)nc(C)n1C)OCCO2. The lowest BCUT2D eigenvalue weighted by Gasteiger charge is -2.20. The molecule has 102 valence electrons. The molecule has 0 saturated heterocycles. The maximum atomic E-state index is 9.27. The van der Waals surface area contributed by atoms with Crippen molar-refractivity contribution in [3.8, 4) is 28.8 Å². The number of benzene rings is 1. The van der Waals surface area contributed by atoms with Gasteiger partial charge in [0.05, 0.1) is 5.69 Å². The van der Waals surface area contributed by atoms with Gasteiger partial charge in [-0.2, -0.15) is 5.26 Å². The second-order valence-corrected chi connectivity index (χ2v) is 4.84. The molecule has 0 spiro atoms. The number of rotatable bonds is 1. The summed E-state index contributed by atoms with van der Waals surface area (Å²) in [6.45, 7) is 5.00. The highest BCUT2D eigenvalue weighted by Gasteiger charge is 2.20. The molecule has 1 aliphatic rings. The quantitative estimate of drug-likeness (QED) is 0.797. The van der Waals surface area contributed by atoms with Crippen molar-refractivity contribution in [3.63, 3.8) is 0 Å². The molecule has 0 radical (unpaired) electrons. The fraction of sp³-hybridized carbons (Fsp3) is 0.333. The summed E-state index contributed by atoms with van der Waals surface area (Å²) in [6, 6.07) is 6.04. The molecule has 2 heterocycles. The number of aromatic nitrogens is 2. The summed E-state index contributed by atoms with van der Waals surface area (Å²) >= 11 is 0. The lowest BCUT2D eigenvalue weighted by molar-refractivity contribution is 0.171. The van der Waals surface area contributed by atoms with Crippen molar-refractivity contribution in [2.24, 2.45) is 7.05 Å². The number of aryl methyl sites for hydroxylation is 2. The highest BCUT2D eigenvalue weighted by molar-refractivity contribution is 5.72. The normalized spacial score (nSPS) is 13.1. The Morgan fingerprint density at radius 1 is 1.20 bits per heavy atom. The molecule has 1 aromatic heterocycles. The highest BCUT2D eigenvalue weighted by Crippen LogP contribution is 2.38. The average Bonchev–Trinajstić information content (AvgIpc) is 2.73. The van der Waals surface area contributed by atoms with Crippen LogP contribution in [0.2, 0.25) is 0 Å². The lowest BCUT2D eigenvalue weighted by atomic mass is 10.0. The van der Waals surface area contributed by atoms with Crippen LogP contribution in [0.5, 0.6) is 11.5 Å². The van der Waals surface area contributed by atoms with E-state index in [4.69, 9.17) is 9.47 Å². The summed E-state index contributed by atoms with van der Waals surface area (Å²) in [6.07, 6.45) is 0. The minimum Gasteiger partial charge on any atom is -0.486 e. The Labute approximate surface area is 117 Å². The summed E-state index contributed by atoms with van der Waals surface area (Å²) in [5.41, 5.74) is 3.24. The van der Waals surface area contributed by atoms with Crippen LogP contribution in [-0.2, 0) is 7.05 Å². The maximum Gasteiger partial charge on any atom is 0.166 e. The molecule has 5 nitrogen and oxygen atoms in total. The fourth-order valence-electron chi connectivity index (χ4n) is 2.44. The largest absolute Gasteiger partial charge is 0.486 e. The molecule has 0 saturated carbocycles. The predicted molar refractivity (Wildman–Crippen MR) is 73.8 cm³/mol. The molecular formula is C15H15N3O2. The van der Waals surface area contributed by atoms with Gasteiger partial charge >= 0.3 is 0 Å². The first-order valence-electron chi connectivity index (χ1n) is 6.46. The van der Waals surface area contributed by atoms with Crippen LogP contribution >= 0.6 is 0 Å². The van der Waals surface area contributed by atoms with Crippen LogP contribution in [-0.4, -0.2) is 22.8 Å².